The molecule has 21 heavy (non-hydrogen) atoms. The lowest BCUT2D eigenvalue weighted by atomic mass is 10.00. The molecule has 0 aromatic heterocycles. The molecular weight excluding hydrogens is 284 g/mol. The molecule has 1 aromatic rings. The van der Waals surface area contributed by atoms with Crippen LogP contribution >= 0.6 is 11.8 Å². The number of amides is 2. The Labute approximate surface area is 130 Å². The van der Waals surface area contributed by atoms with Crippen LogP contribution in [0.2, 0.25) is 0 Å². The second kappa shape index (κ2) is 7.50. The Hall–Kier alpha value is -1.49. The van der Waals surface area contributed by atoms with Crippen LogP contribution < -0.4 is 5.32 Å². The summed E-state index contributed by atoms with van der Waals surface area (Å²) in [6.07, 6.45) is 3.54. The lowest BCUT2D eigenvalue weighted by Gasteiger charge is -2.38. The SMILES string of the molecule is CSCCCN1C(=O)C(C)NC(=O)C1Cc1ccccc1. The van der Waals surface area contributed by atoms with E-state index in [1.807, 2.05) is 30.3 Å². The summed E-state index contributed by atoms with van der Waals surface area (Å²) in [7, 11) is 0. The van der Waals surface area contributed by atoms with Crippen LogP contribution in [0.4, 0.5) is 0 Å². The van der Waals surface area contributed by atoms with Crippen LogP contribution in [0.25, 0.3) is 0 Å². The lowest BCUT2D eigenvalue weighted by Crippen LogP contribution is -2.63. The fourth-order valence-electron chi connectivity index (χ4n) is 2.60. The topological polar surface area (TPSA) is 49.4 Å². The highest BCUT2D eigenvalue weighted by Gasteiger charge is 2.37. The molecule has 4 nitrogen and oxygen atoms in total. The van der Waals surface area contributed by atoms with Crippen molar-refractivity contribution in [2.24, 2.45) is 0 Å². The van der Waals surface area contributed by atoms with E-state index in [0.29, 0.717) is 13.0 Å². The summed E-state index contributed by atoms with van der Waals surface area (Å²) < 4.78 is 0. The minimum absolute atomic E-state index is 0.0247. The fourth-order valence-corrected chi connectivity index (χ4v) is 3.02. The first-order valence-corrected chi connectivity index (χ1v) is 8.66. The summed E-state index contributed by atoms with van der Waals surface area (Å²) in [5.74, 6) is 0.976. The first-order valence-electron chi connectivity index (χ1n) is 7.27. The van der Waals surface area contributed by atoms with Gasteiger partial charge in [0.15, 0.2) is 0 Å². The number of carbonyl (C=O) groups excluding carboxylic acids is 2. The third-order valence-electron chi connectivity index (χ3n) is 3.71. The van der Waals surface area contributed by atoms with Crippen molar-refractivity contribution in [2.75, 3.05) is 18.6 Å². The summed E-state index contributed by atoms with van der Waals surface area (Å²) in [6, 6.07) is 9.05. The maximum atomic E-state index is 12.4. The highest BCUT2D eigenvalue weighted by atomic mass is 32.2. The first kappa shape index (κ1) is 15.9. The molecule has 1 aliphatic rings. The zero-order valence-electron chi connectivity index (χ0n) is 12.5. The van der Waals surface area contributed by atoms with E-state index >= 15 is 0 Å². The Bertz CT molecular complexity index is 492. The number of rotatable bonds is 6. The molecule has 1 aromatic carbocycles. The summed E-state index contributed by atoms with van der Waals surface area (Å²) in [4.78, 5) is 26.4. The van der Waals surface area contributed by atoms with Gasteiger partial charge in [0.2, 0.25) is 11.8 Å². The highest BCUT2D eigenvalue weighted by molar-refractivity contribution is 7.98. The van der Waals surface area contributed by atoms with Crippen molar-refractivity contribution < 1.29 is 9.59 Å². The maximum absolute atomic E-state index is 12.4. The Kier molecular flexibility index (Phi) is 5.67. The molecule has 0 aliphatic carbocycles. The average molecular weight is 306 g/mol. The number of nitrogens with zero attached hydrogens (tertiary/aromatic N) is 1. The monoisotopic (exact) mass is 306 g/mol. The van der Waals surface area contributed by atoms with Crippen molar-refractivity contribution in [3.8, 4) is 0 Å². The number of hydrogen-bond donors (Lipinski definition) is 1. The van der Waals surface area contributed by atoms with E-state index in [1.54, 1.807) is 23.6 Å². The van der Waals surface area contributed by atoms with E-state index < -0.39 is 12.1 Å². The van der Waals surface area contributed by atoms with Gasteiger partial charge >= 0.3 is 0 Å². The van der Waals surface area contributed by atoms with E-state index in [4.69, 9.17) is 0 Å². The van der Waals surface area contributed by atoms with Crippen LogP contribution in [-0.2, 0) is 16.0 Å². The Morgan fingerprint density at radius 3 is 2.62 bits per heavy atom. The molecule has 1 N–H and O–H groups in total. The third-order valence-corrected chi connectivity index (χ3v) is 4.41. The van der Waals surface area contributed by atoms with Crippen molar-refractivity contribution in [2.45, 2.75) is 31.8 Å². The van der Waals surface area contributed by atoms with Gasteiger partial charge in [0.25, 0.3) is 0 Å². The molecule has 0 saturated carbocycles. The second-order valence-electron chi connectivity index (χ2n) is 5.31. The number of carbonyl (C=O) groups is 2. The van der Waals surface area contributed by atoms with Gasteiger partial charge in [0.05, 0.1) is 0 Å². The van der Waals surface area contributed by atoms with Gasteiger partial charge in [-0.2, -0.15) is 11.8 Å². The highest BCUT2D eigenvalue weighted by Crippen LogP contribution is 2.16. The zero-order valence-corrected chi connectivity index (χ0v) is 13.4. The van der Waals surface area contributed by atoms with Crippen molar-refractivity contribution in [1.82, 2.24) is 10.2 Å². The average Bonchev–Trinajstić information content (AvgIpc) is 2.49. The largest absolute Gasteiger partial charge is 0.343 e. The molecule has 114 valence electrons. The predicted octanol–water partition coefficient (Wildman–Crippen LogP) is 1.70. The zero-order chi connectivity index (χ0) is 15.2. The summed E-state index contributed by atoms with van der Waals surface area (Å²) in [5.41, 5.74) is 1.08. The van der Waals surface area contributed by atoms with Gasteiger partial charge in [0, 0.05) is 13.0 Å². The van der Waals surface area contributed by atoms with Gasteiger partial charge in [-0.3, -0.25) is 9.59 Å². The lowest BCUT2D eigenvalue weighted by molar-refractivity contribution is -0.148. The molecular formula is C16H22N2O2S. The van der Waals surface area contributed by atoms with E-state index in [9.17, 15) is 9.59 Å². The molecule has 2 amide bonds. The van der Waals surface area contributed by atoms with Gasteiger partial charge < -0.3 is 10.2 Å². The summed E-state index contributed by atoms with van der Waals surface area (Å²) >= 11 is 1.76. The summed E-state index contributed by atoms with van der Waals surface area (Å²) in [5, 5.41) is 2.78. The smallest absolute Gasteiger partial charge is 0.245 e. The molecule has 0 spiro atoms. The molecule has 5 heteroatoms. The minimum atomic E-state index is -0.418. The number of piperazine rings is 1. The van der Waals surface area contributed by atoms with Gasteiger partial charge in [0.1, 0.15) is 12.1 Å². The van der Waals surface area contributed by atoms with Crippen molar-refractivity contribution in [3.05, 3.63) is 35.9 Å². The van der Waals surface area contributed by atoms with Gasteiger partial charge in [-0.1, -0.05) is 30.3 Å². The Morgan fingerprint density at radius 2 is 1.95 bits per heavy atom. The van der Waals surface area contributed by atoms with E-state index in [0.717, 1.165) is 17.7 Å². The molecule has 2 rings (SSSR count). The number of benzene rings is 1. The normalized spacial score (nSPS) is 22.3. The number of thioether (sulfide) groups is 1. The molecule has 1 fully saturated rings. The van der Waals surface area contributed by atoms with Gasteiger partial charge in [-0.15, -0.1) is 0 Å². The van der Waals surface area contributed by atoms with Gasteiger partial charge in [-0.25, -0.2) is 0 Å². The van der Waals surface area contributed by atoms with E-state index in [-0.39, 0.29) is 11.8 Å². The standard InChI is InChI=1S/C16H22N2O2S/c1-12-16(20)18(9-6-10-21-2)14(15(19)17-12)11-13-7-4-3-5-8-13/h3-5,7-8,12,14H,6,9-11H2,1-2H3,(H,17,19). The molecule has 0 radical (unpaired) electrons. The first-order chi connectivity index (χ1) is 10.1. The van der Waals surface area contributed by atoms with Crippen LogP contribution in [0.15, 0.2) is 30.3 Å². The Morgan fingerprint density at radius 1 is 1.24 bits per heavy atom. The quantitative estimate of drug-likeness (QED) is 0.814. The van der Waals surface area contributed by atoms with Crippen LogP contribution in [0.1, 0.15) is 18.9 Å². The second-order valence-corrected chi connectivity index (χ2v) is 6.30. The maximum Gasteiger partial charge on any atom is 0.245 e. The molecule has 2 atom stereocenters. The molecule has 1 saturated heterocycles. The third kappa shape index (κ3) is 4.00. The molecule has 1 heterocycles. The van der Waals surface area contributed by atoms with Crippen molar-refractivity contribution in [3.63, 3.8) is 0 Å². The summed E-state index contributed by atoms with van der Waals surface area (Å²) in [6.45, 7) is 2.40. The molecule has 1 aliphatic heterocycles. The molecule has 0 bridgehead atoms. The van der Waals surface area contributed by atoms with Crippen molar-refractivity contribution in [1.29, 1.82) is 0 Å². The van der Waals surface area contributed by atoms with E-state index in [2.05, 4.69) is 11.6 Å². The van der Waals surface area contributed by atoms with Crippen LogP contribution in [0.5, 0.6) is 0 Å². The minimum Gasteiger partial charge on any atom is -0.343 e. The van der Waals surface area contributed by atoms with Crippen LogP contribution in [0.3, 0.4) is 0 Å². The van der Waals surface area contributed by atoms with Gasteiger partial charge in [-0.05, 0) is 30.9 Å². The predicted molar refractivity (Wildman–Crippen MR) is 86.3 cm³/mol. The van der Waals surface area contributed by atoms with Crippen LogP contribution in [-0.4, -0.2) is 47.4 Å². The Balaban J connectivity index is 2.12. The fraction of sp³-hybridized carbons (Fsp3) is 0.500. The number of nitrogens with one attached hydrogen (secondary N) is 1. The number of hydrogen-bond acceptors (Lipinski definition) is 3. The molecule has 2 unspecified atom stereocenters. The van der Waals surface area contributed by atoms with E-state index in [1.165, 1.54) is 0 Å². The van der Waals surface area contributed by atoms with Crippen LogP contribution in [0, 0.1) is 0 Å². The van der Waals surface area contributed by atoms with Crippen molar-refractivity contribution >= 4 is 23.6 Å².